The van der Waals surface area contributed by atoms with Crippen molar-refractivity contribution in [3.8, 4) is 11.4 Å². The van der Waals surface area contributed by atoms with Gasteiger partial charge in [0.15, 0.2) is 0 Å². The monoisotopic (exact) mass is 478 g/mol. The van der Waals surface area contributed by atoms with Gasteiger partial charge in [0.1, 0.15) is 17.2 Å². The molecule has 4 rings (SSSR count). The van der Waals surface area contributed by atoms with Crippen LogP contribution in [0.3, 0.4) is 0 Å². The lowest BCUT2D eigenvalue weighted by Gasteiger charge is -2.15. The normalized spacial score (nSPS) is 12.9. The van der Waals surface area contributed by atoms with Gasteiger partial charge < -0.3 is 26.1 Å². The van der Waals surface area contributed by atoms with E-state index >= 15 is 0 Å². The lowest BCUT2D eigenvalue weighted by atomic mass is 10.1. The molecule has 0 aliphatic carbocycles. The second-order valence-corrected chi connectivity index (χ2v) is 8.87. The number of aliphatic hydroxyl groups is 1. The number of aryl methyl sites for hydroxylation is 1. The van der Waals surface area contributed by atoms with Gasteiger partial charge in [-0.2, -0.15) is 0 Å². The van der Waals surface area contributed by atoms with Crippen molar-refractivity contribution >= 4 is 34.2 Å². The molecule has 4 aromatic rings. The number of anilines is 1. The fourth-order valence-electron chi connectivity index (χ4n) is 3.81. The van der Waals surface area contributed by atoms with Gasteiger partial charge in [-0.3, -0.25) is 9.79 Å². The van der Waals surface area contributed by atoms with E-state index in [9.17, 15) is 9.90 Å². The fraction of sp³-hybridized carbons (Fsp3) is 0.240. The smallest absolute Gasteiger partial charge is 0.261 e. The standard InChI is InChI=1S/C25H27ClN6O2/c1-13(2)30-23(27)16-9-14(3)22-19(11-16)31-24(32-22)21-18(7-8-28-25(21)34)29-12-20(33)15-5-4-6-17(26)10-15/h4-11,13,20,33H,12H2,1-3H3,(H2,27,30)(H,31,32)(H2,28,29,34). The van der Waals surface area contributed by atoms with Crippen LogP contribution in [-0.4, -0.2) is 38.5 Å². The molecule has 2 aromatic heterocycles. The summed E-state index contributed by atoms with van der Waals surface area (Å²) in [5.74, 6) is 0.863. The van der Waals surface area contributed by atoms with E-state index < -0.39 is 6.10 Å². The molecule has 2 aromatic carbocycles. The Balaban J connectivity index is 1.68. The number of H-pyrrole nitrogens is 2. The molecule has 0 fully saturated rings. The van der Waals surface area contributed by atoms with Crippen LogP contribution in [0.2, 0.25) is 5.02 Å². The highest BCUT2D eigenvalue weighted by atomic mass is 35.5. The number of nitrogens with zero attached hydrogens (tertiary/aromatic N) is 2. The van der Waals surface area contributed by atoms with Crippen molar-refractivity contribution in [1.82, 2.24) is 15.0 Å². The Labute approximate surface area is 201 Å². The zero-order valence-corrected chi connectivity index (χ0v) is 19.9. The quantitative estimate of drug-likeness (QED) is 0.201. The number of amidine groups is 1. The summed E-state index contributed by atoms with van der Waals surface area (Å²) in [7, 11) is 0. The van der Waals surface area contributed by atoms with Gasteiger partial charge in [-0.1, -0.05) is 23.7 Å². The number of nitrogens with one attached hydrogen (secondary N) is 3. The van der Waals surface area contributed by atoms with E-state index in [0.717, 1.165) is 22.2 Å². The summed E-state index contributed by atoms with van der Waals surface area (Å²) in [4.78, 5) is 27.8. The highest BCUT2D eigenvalue weighted by Gasteiger charge is 2.17. The molecule has 1 atom stereocenters. The highest BCUT2D eigenvalue weighted by Crippen LogP contribution is 2.27. The number of rotatable bonds is 7. The van der Waals surface area contributed by atoms with Crippen molar-refractivity contribution in [3.05, 3.63) is 80.7 Å². The zero-order valence-electron chi connectivity index (χ0n) is 19.2. The van der Waals surface area contributed by atoms with Gasteiger partial charge >= 0.3 is 0 Å². The molecule has 0 saturated heterocycles. The highest BCUT2D eigenvalue weighted by molar-refractivity contribution is 6.30. The molecule has 0 saturated carbocycles. The Bertz CT molecular complexity index is 1420. The van der Waals surface area contributed by atoms with Crippen LogP contribution in [0.5, 0.6) is 0 Å². The fourth-order valence-corrected chi connectivity index (χ4v) is 4.01. The Kier molecular flexibility index (Phi) is 6.72. The topological polar surface area (TPSA) is 132 Å². The maximum Gasteiger partial charge on any atom is 0.261 e. The number of aliphatic hydroxyl groups excluding tert-OH is 1. The summed E-state index contributed by atoms with van der Waals surface area (Å²) in [6.45, 7) is 6.05. The Morgan fingerprint density at radius 1 is 1.26 bits per heavy atom. The number of nitrogens with two attached hydrogens (primary N) is 1. The van der Waals surface area contributed by atoms with E-state index in [1.165, 1.54) is 0 Å². The predicted octanol–water partition coefficient (Wildman–Crippen LogP) is 4.14. The largest absolute Gasteiger partial charge is 0.387 e. The summed E-state index contributed by atoms with van der Waals surface area (Å²) in [5.41, 5.74) is 10.6. The molecule has 1 unspecified atom stereocenters. The van der Waals surface area contributed by atoms with Crippen molar-refractivity contribution in [2.75, 3.05) is 11.9 Å². The summed E-state index contributed by atoms with van der Waals surface area (Å²) in [5, 5.41) is 14.3. The molecule has 0 radical (unpaired) electrons. The van der Waals surface area contributed by atoms with Crippen LogP contribution in [0.1, 0.15) is 36.6 Å². The molecular formula is C25H27ClN6O2. The van der Waals surface area contributed by atoms with E-state index in [-0.39, 0.29) is 18.1 Å². The van der Waals surface area contributed by atoms with Crippen LogP contribution in [-0.2, 0) is 0 Å². The van der Waals surface area contributed by atoms with Crippen molar-refractivity contribution < 1.29 is 5.11 Å². The van der Waals surface area contributed by atoms with E-state index in [1.807, 2.05) is 32.9 Å². The average Bonchev–Trinajstić information content (AvgIpc) is 3.21. The maximum atomic E-state index is 12.8. The Morgan fingerprint density at radius 2 is 2.06 bits per heavy atom. The molecule has 0 bridgehead atoms. The first kappa shape index (κ1) is 23.5. The number of aromatic nitrogens is 3. The third kappa shape index (κ3) is 4.98. The van der Waals surface area contributed by atoms with Crippen LogP contribution in [0.25, 0.3) is 22.4 Å². The lowest BCUT2D eigenvalue weighted by Crippen LogP contribution is -2.17. The van der Waals surface area contributed by atoms with Crippen LogP contribution >= 0.6 is 11.6 Å². The van der Waals surface area contributed by atoms with Crippen LogP contribution in [0.15, 0.2) is 58.4 Å². The number of halogens is 1. The third-order valence-electron chi connectivity index (χ3n) is 5.39. The van der Waals surface area contributed by atoms with Gasteiger partial charge in [-0.05, 0) is 62.2 Å². The van der Waals surface area contributed by atoms with Crippen molar-refractivity contribution in [2.24, 2.45) is 10.7 Å². The van der Waals surface area contributed by atoms with Gasteiger partial charge in [0.05, 0.1) is 22.8 Å². The second-order valence-electron chi connectivity index (χ2n) is 8.43. The van der Waals surface area contributed by atoms with Crippen LogP contribution in [0.4, 0.5) is 5.69 Å². The van der Waals surface area contributed by atoms with Crippen LogP contribution in [0, 0.1) is 6.92 Å². The number of fused-ring (bicyclic) bond motifs is 1. The van der Waals surface area contributed by atoms with E-state index in [4.69, 9.17) is 17.3 Å². The Hall–Kier alpha value is -3.62. The molecule has 9 heteroatoms. The van der Waals surface area contributed by atoms with Crippen molar-refractivity contribution in [3.63, 3.8) is 0 Å². The SMILES string of the molecule is Cc1cc(/C(N)=N/C(C)C)cc2[nH]c(-c3c(NCC(O)c4cccc(Cl)c4)cc[nH]c3=O)nc12. The minimum absolute atomic E-state index is 0.0760. The number of hydrogen-bond acceptors (Lipinski definition) is 5. The number of hydrogen-bond donors (Lipinski definition) is 5. The molecule has 0 aliphatic rings. The number of benzene rings is 2. The van der Waals surface area contributed by atoms with Gasteiger partial charge in [0, 0.05) is 29.4 Å². The minimum atomic E-state index is -0.811. The number of imidazole rings is 1. The predicted molar refractivity (Wildman–Crippen MR) is 138 cm³/mol. The molecule has 0 spiro atoms. The summed E-state index contributed by atoms with van der Waals surface area (Å²) in [6.07, 6.45) is 0.740. The van der Waals surface area contributed by atoms with Crippen molar-refractivity contribution in [1.29, 1.82) is 0 Å². The first-order chi connectivity index (χ1) is 16.2. The first-order valence-electron chi connectivity index (χ1n) is 11.0. The molecule has 0 amide bonds. The van der Waals surface area contributed by atoms with E-state index in [2.05, 4.69) is 25.3 Å². The van der Waals surface area contributed by atoms with Crippen LogP contribution < -0.4 is 16.6 Å². The third-order valence-corrected chi connectivity index (χ3v) is 5.62. The van der Waals surface area contributed by atoms with Gasteiger partial charge in [-0.25, -0.2) is 4.98 Å². The van der Waals surface area contributed by atoms with Gasteiger partial charge in [-0.15, -0.1) is 0 Å². The molecule has 34 heavy (non-hydrogen) atoms. The maximum absolute atomic E-state index is 12.8. The summed E-state index contributed by atoms with van der Waals surface area (Å²) >= 11 is 6.03. The number of aliphatic imine (C=N–C) groups is 1. The van der Waals surface area contributed by atoms with Gasteiger partial charge in [0.25, 0.3) is 5.56 Å². The minimum Gasteiger partial charge on any atom is -0.387 e. The summed E-state index contributed by atoms with van der Waals surface area (Å²) in [6, 6.07) is 12.7. The zero-order chi connectivity index (χ0) is 24.4. The Morgan fingerprint density at radius 3 is 2.79 bits per heavy atom. The molecular weight excluding hydrogens is 452 g/mol. The van der Waals surface area contributed by atoms with Gasteiger partial charge in [0.2, 0.25) is 0 Å². The molecule has 2 heterocycles. The number of aromatic amines is 2. The molecule has 8 nitrogen and oxygen atoms in total. The second kappa shape index (κ2) is 9.70. The van der Waals surface area contributed by atoms with E-state index in [0.29, 0.717) is 33.5 Å². The molecule has 176 valence electrons. The molecule has 0 aliphatic heterocycles. The first-order valence-corrected chi connectivity index (χ1v) is 11.3. The number of pyridine rings is 1. The molecule has 6 N–H and O–H groups in total. The summed E-state index contributed by atoms with van der Waals surface area (Å²) < 4.78 is 0. The lowest BCUT2D eigenvalue weighted by molar-refractivity contribution is 0.191. The van der Waals surface area contributed by atoms with Crippen molar-refractivity contribution in [2.45, 2.75) is 32.9 Å². The van der Waals surface area contributed by atoms with E-state index in [1.54, 1.807) is 36.5 Å². The average molecular weight is 479 g/mol.